The molecule has 2 rings (SSSR count). The maximum atomic E-state index is 13.6. The van der Waals surface area contributed by atoms with Crippen LogP contribution in [0, 0.1) is 23.0 Å². The molecule has 0 bridgehead atoms. The molecule has 92 valence electrons. The molecule has 0 saturated heterocycles. The molecular weight excluding hydrogens is 238 g/mol. The molecule has 0 amide bonds. The first-order chi connectivity index (χ1) is 8.63. The summed E-state index contributed by atoms with van der Waals surface area (Å²) in [4.78, 5) is 0. The highest BCUT2D eigenvalue weighted by atomic mass is 19.1. The fourth-order valence-corrected chi connectivity index (χ4v) is 1.50. The molecule has 1 aromatic heterocycles. The first kappa shape index (κ1) is 12.0. The van der Waals surface area contributed by atoms with Gasteiger partial charge in [0.2, 0.25) is 0 Å². The third-order valence-electron chi connectivity index (χ3n) is 2.40. The molecule has 0 aliphatic rings. The number of nitrogens with zero attached hydrogens (tertiary/aromatic N) is 3. The number of hydrogen-bond donors (Lipinski definition) is 1. The first-order valence-electron chi connectivity index (χ1n) is 5.32. The third-order valence-corrected chi connectivity index (χ3v) is 2.40. The van der Waals surface area contributed by atoms with Crippen LogP contribution >= 0.6 is 0 Å². The summed E-state index contributed by atoms with van der Waals surface area (Å²) in [6, 6.07) is 3.65. The lowest BCUT2D eigenvalue weighted by atomic mass is 10.2. The van der Waals surface area contributed by atoms with E-state index in [1.54, 1.807) is 16.9 Å². The summed E-state index contributed by atoms with van der Waals surface area (Å²) in [5.41, 5.74) is 0.142. The van der Waals surface area contributed by atoms with Crippen molar-refractivity contribution >= 4 is 11.4 Å². The lowest BCUT2D eigenvalue weighted by molar-refractivity contribution is 0.590. The topological polar surface area (TPSA) is 53.6 Å². The van der Waals surface area contributed by atoms with Gasteiger partial charge in [0.25, 0.3) is 0 Å². The van der Waals surface area contributed by atoms with Gasteiger partial charge >= 0.3 is 0 Å². The van der Waals surface area contributed by atoms with Crippen molar-refractivity contribution in [3.63, 3.8) is 0 Å². The fourth-order valence-electron chi connectivity index (χ4n) is 1.50. The number of anilines is 2. The van der Waals surface area contributed by atoms with Crippen molar-refractivity contribution in [1.29, 1.82) is 5.26 Å². The number of nitrogens with one attached hydrogen (secondary N) is 1. The Morgan fingerprint density at radius 2 is 2.06 bits per heavy atom. The van der Waals surface area contributed by atoms with Gasteiger partial charge in [0.15, 0.2) is 11.6 Å². The van der Waals surface area contributed by atoms with Crippen LogP contribution < -0.4 is 5.32 Å². The SMILES string of the molecule is CCn1cc(Nc2c(F)cc(C#N)cc2F)cn1. The van der Waals surface area contributed by atoms with Crippen LogP contribution in [-0.4, -0.2) is 9.78 Å². The second-order valence-corrected chi connectivity index (χ2v) is 3.64. The minimum atomic E-state index is -0.809. The van der Waals surface area contributed by atoms with Crippen molar-refractivity contribution in [2.45, 2.75) is 13.5 Å². The molecule has 6 heteroatoms. The van der Waals surface area contributed by atoms with Crippen molar-refractivity contribution in [1.82, 2.24) is 9.78 Å². The van der Waals surface area contributed by atoms with Crippen LogP contribution in [-0.2, 0) is 6.54 Å². The minimum absolute atomic E-state index is 0.0557. The van der Waals surface area contributed by atoms with Crippen molar-refractivity contribution in [3.05, 3.63) is 41.7 Å². The van der Waals surface area contributed by atoms with Crippen molar-refractivity contribution in [3.8, 4) is 6.07 Å². The zero-order valence-corrected chi connectivity index (χ0v) is 9.61. The highest BCUT2D eigenvalue weighted by molar-refractivity contribution is 5.60. The largest absolute Gasteiger partial charge is 0.348 e. The standard InChI is InChI=1S/C12H10F2N4/c1-2-18-7-9(6-16-18)17-12-10(13)3-8(5-15)4-11(12)14/h3-4,6-7,17H,2H2,1H3. The average molecular weight is 248 g/mol. The zero-order chi connectivity index (χ0) is 13.1. The normalized spacial score (nSPS) is 10.1. The summed E-state index contributed by atoms with van der Waals surface area (Å²) in [7, 11) is 0. The van der Waals surface area contributed by atoms with Gasteiger partial charge in [0.05, 0.1) is 23.5 Å². The predicted octanol–water partition coefficient (Wildman–Crippen LogP) is 2.80. The number of aromatic nitrogens is 2. The molecule has 0 radical (unpaired) electrons. The van der Waals surface area contributed by atoms with Gasteiger partial charge in [-0.25, -0.2) is 8.78 Å². The number of halogens is 2. The van der Waals surface area contributed by atoms with Gasteiger partial charge in [-0.2, -0.15) is 10.4 Å². The molecule has 2 aromatic rings. The van der Waals surface area contributed by atoms with Crippen LogP contribution in [0.2, 0.25) is 0 Å². The molecule has 0 fully saturated rings. The van der Waals surface area contributed by atoms with Crippen LogP contribution in [0.25, 0.3) is 0 Å². The summed E-state index contributed by atoms with van der Waals surface area (Å²) < 4.78 is 28.8. The molecule has 0 spiro atoms. The van der Waals surface area contributed by atoms with E-state index < -0.39 is 11.6 Å². The number of nitriles is 1. The fraction of sp³-hybridized carbons (Fsp3) is 0.167. The van der Waals surface area contributed by atoms with Crippen molar-refractivity contribution in [2.75, 3.05) is 5.32 Å². The smallest absolute Gasteiger partial charge is 0.150 e. The Hall–Kier alpha value is -2.42. The van der Waals surface area contributed by atoms with E-state index in [1.165, 1.54) is 6.20 Å². The van der Waals surface area contributed by atoms with Crippen molar-refractivity contribution < 1.29 is 8.78 Å². The van der Waals surface area contributed by atoms with E-state index in [4.69, 9.17) is 5.26 Å². The van der Waals surface area contributed by atoms with Crippen LogP contribution in [0.3, 0.4) is 0 Å². The van der Waals surface area contributed by atoms with Gasteiger partial charge in [-0.15, -0.1) is 0 Å². The van der Waals surface area contributed by atoms with E-state index in [-0.39, 0.29) is 11.3 Å². The Kier molecular flexibility index (Phi) is 3.24. The average Bonchev–Trinajstić information content (AvgIpc) is 2.81. The molecule has 0 saturated carbocycles. The summed E-state index contributed by atoms with van der Waals surface area (Å²) >= 11 is 0. The zero-order valence-electron chi connectivity index (χ0n) is 9.61. The molecule has 0 aliphatic carbocycles. The minimum Gasteiger partial charge on any atom is -0.348 e. The van der Waals surface area contributed by atoms with Crippen molar-refractivity contribution in [2.24, 2.45) is 0 Å². The van der Waals surface area contributed by atoms with E-state index >= 15 is 0 Å². The summed E-state index contributed by atoms with van der Waals surface area (Å²) in [5.74, 6) is -1.62. The number of hydrogen-bond acceptors (Lipinski definition) is 3. The van der Waals surface area contributed by atoms with Crippen LogP contribution in [0.4, 0.5) is 20.2 Å². The summed E-state index contributed by atoms with van der Waals surface area (Å²) in [5, 5.41) is 15.2. The van der Waals surface area contributed by atoms with Crippen LogP contribution in [0.1, 0.15) is 12.5 Å². The van der Waals surface area contributed by atoms with Gasteiger partial charge < -0.3 is 5.32 Å². The number of aryl methyl sites for hydroxylation is 1. The van der Waals surface area contributed by atoms with Crippen LogP contribution in [0.5, 0.6) is 0 Å². The van der Waals surface area contributed by atoms with E-state index in [2.05, 4.69) is 10.4 Å². The lowest BCUT2D eigenvalue weighted by Gasteiger charge is -2.06. The second-order valence-electron chi connectivity index (χ2n) is 3.64. The Bertz CT molecular complexity index is 590. The predicted molar refractivity (Wildman–Crippen MR) is 62.3 cm³/mol. The third kappa shape index (κ3) is 2.30. The second kappa shape index (κ2) is 4.84. The molecular formula is C12H10F2N4. The van der Waals surface area contributed by atoms with Gasteiger partial charge in [0.1, 0.15) is 5.69 Å². The monoisotopic (exact) mass is 248 g/mol. The quantitative estimate of drug-likeness (QED) is 0.908. The molecule has 0 unspecified atom stereocenters. The summed E-state index contributed by atoms with van der Waals surface area (Å²) in [6.07, 6.45) is 3.11. The van der Waals surface area contributed by atoms with E-state index in [1.807, 2.05) is 6.92 Å². The number of benzene rings is 1. The Balaban J connectivity index is 2.32. The van der Waals surface area contributed by atoms with Gasteiger partial charge in [-0.3, -0.25) is 4.68 Å². The Morgan fingerprint density at radius 1 is 1.39 bits per heavy atom. The first-order valence-corrected chi connectivity index (χ1v) is 5.32. The van der Waals surface area contributed by atoms with Gasteiger partial charge in [-0.1, -0.05) is 0 Å². The molecule has 1 heterocycles. The Labute approximate surface area is 102 Å². The highest BCUT2D eigenvalue weighted by Crippen LogP contribution is 2.24. The maximum Gasteiger partial charge on any atom is 0.150 e. The Morgan fingerprint density at radius 3 is 2.56 bits per heavy atom. The van der Waals surface area contributed by atoms with E-state index in [9.17, 15) is 8.78 Å². The summed E-state index contributed by atoms with van der Waals surface area (Å²) in [6.45, 7) is 2.57. The van der Waals surface area contributed by atoms with E-state index in [0.717, 1.165) is 12.1 Å². The maximum absolute atomic E-state index is 13.6. The van der Waals surface area contributed by atoms with Crippen LogP contribution in [0.15, 0.2) is 24.5 Å². The van der Waals surface area contributed by atoms with E-state index in [0.29, 0.717) is 12.2 Å². The van der Waals surface area contributed by atoms with Gasteiger partial charge in [-0.05, 0) is 19.1 Å². The molecule has 1 N–H and O–H groups in total. The molecule has 0 aliphatic heterocycles. The molecule has 4 nitrogen and oxygen atoms in total. The molecule has 0 atom stereocenters. The lowest BCUT2D eigenvalue weighted by Crippen LogP contribution is -1.98. The molecule has 18 heavy (non-hydrogen) atoms. The van der Waals surface area contributed by atoms with Gasteiger partial charge in [0, 0.05) is 12.7 Å². The molecule has 1 aromatic carbocycles. The number of rotatable bonds is 3. The highest BCUT2D eigenvalue weighted by Gasteiger charge is 2.12.